The fourth-order valence-corrected chi connectivity index (χ4v) is 9.18. The minimum absolute atomic E-state index is 0. The second kappa shape index (κ2) is 15.8. The van der Waals surface area contributed by atoms with E-state index in [1.54, 1.807) is 0 Å². The molecule has 0 aliphatic heterocycles. The van der Waals surface area contributed by atoms with Crippen molar-refractivity contribution in [2.24, 2.45) is 0 Å². The van der Waals surface area contributed by atoms with Crippen molar-refractivity contribution in [1.82, 2.24) is 18.7 Å². The predicted octanol–water partition coefficient (Wildman–Crippen LogP) is 13.2. The van der Waals surface area contributed by atoms with Gasteiger partial charge < -0.3 is 4.57 Å². The predicted molar refractivity (Wildman–Crippen MR) is 245 cm³/mol. The van der Waals surface area contributed by atoms with Crippen molar-refractivity contribution >= 4 is 32.8 Å². The van der Waals surface area contributed by atoms with E-state index in [1.807, 2.05) is 6.20 Å². The van der Waals surface area contributed by atoms with Gasteiger partial charge in [-0.15, -0.1) is 28.6 Å². The van der Waals surface area contributed by atoms with Gasteiger partial charge in [0, 0.05) is 56.0 Å². The third kappa shape index (κ3) is 6.34. The van der Waals surface area contributed by atoms with Crippen LogP contribution in [-0.4, -0.2) is 18.7 Å². The minimum Gasteiger partial charge on any atom is -0.319 e. The Balaban J connectivity index is 0.00000445. The van der Waals surface area contributed by atoms with Crippen LogP contribution in [0.3, 0.4) is 0 Å². The summed E-state index contributed by atoms with van der Waals surface area (Å²) in [7, 11) is 0. The fourth-order valence-electron chi connectivity index (χ4n) is 9.18. The largest absolute Gasteiger partial charge is 0.319 e. The maximum Gasteiger partial charge on any atom is 0.168 e. The Morgan fingerprint density at radius 1 is 0.508 bits per heavy atom. The van der Waals surface area contributed by atoms with Gasteiger partial charge in [0.25, 0.3) is 0 Å². The van der Waals surface area contributed by atoms with Crippen LogP contribution in [0.2, 0.25) is 0 Å². The smallest absolute Gasteiger partial charge is 0.168 e. The molecule has 5 heteroatoms. The summed E-state index contributed by atoms with van der Waals surface area (Å²) in [6, 6.07) is 81.4. The van der Waals surface area contributed by atoms with Gasteiger partial charge in [-0.3, -0.25) is 0 Å². The van der Waals surface area contributed by atoms with Gasteiger partial charge in [0.05, 0.1) is 0 Å². The molecular weight excluding hydrogens is 924 g/mol. The van der Waals surface area contributed by atoms with E-state index >= 15 is 0 Å². The molecule has 61 heavy (non-hydrogen) atoms. The molecule has 0 N–H and O–H groups in total. The van der Waals surface area contributed by atoms with Gasteiger partial charge in [0.1, 0.15) is 11.5 Å². The molecule has 0 radical (unpaired) electrons. The average molecular weight is 963 g/mol. The summed E-state index contributed by atoms with van der Waals surface area (Å²) in [6.07, 6.45) is 4.10. The van der Waals surface area contributed by atoms with E-state index in [-0.39, 0.29) is 21.1 Å². The number of aromatic nitrogens is 4. The number of para-hydroxylation sites is 4. The van der Waals surface area contributed by atoms with Crippen LogP contribution in [-0.2, 0) is 26.5 Å². The van der Waals surface area contributed by atoms with E-state index in [0.717, 1.165) is 77.8 Å². The van der Waals surface area contributed by atoms with Crippen LogP contribution < -0.4 is 0 Å². The van der Waals surface area contributed by atoms with Gasteiger partial charge in [-0.05, 0) is 70.5 Å². The van der Waals surface area contributed by atoms with Crippen molar-refractivity contribution in [2.75, 3.05) is 0 Å². The third-order valence-corrected chi connectivity index (χ3v) is 11.9. The zero-order valence-corrected chi connectivity index (χ0v) is 35.7. The molecular formula is C56H39N4Pt-. The summed E-state index contributed by atoms with van der Waals surface area (Å²) in [5.41, 5.74) is 13.3. The van der Waals surface area contributed by atoms with Crippen LogP contribution in [0, 0.1) is 19.1 Å². The minimum atomic E-state index is -0.803. The first-order valence-corrected chi connectivity index (χ1v) is 20.4. The van der Waals surface area contributed by atoms with E-state index < -0.39 is 5.41 Å². The van der Waals surface area contributed by atoms with Gasteiger partial charge in [-0.1, -0.05) is 139 Å². The molecule has 4 nitrogen and oxygen atoms in total. The van der Waals surface area contributed by atoms with Crippen LogP contribution in [0.1, 0.15) is 27.8 Å². The molecule has 11 rings (SSSR count). The van der Waals surface area contributed by atoms with Crippen LogP contribution in [0.15, 0.2) is 219 Å². The van der Waals surface area contributed by atoms with Crippen molar-refractivity contribution in [3.05, 3.63) is 259 Å². The molecule has 3 aromatic heterocycles. The quantitative estimate of drug-likeness (QED) is 0.110. The maximum atomic E-state index is 5.03. The topological polar surface area (TPSA) is 27.7 Å². The van der Waals surface area contributed by atoms with Gasteiger partial charge in [0.2, 0.25) is 0 Å². The number of rotatable bonds is 8. The normalized spacial score (nSPS) is 11.6. The van der Waals surface area contributed by atoms with E-state index in [1.165, 1.54) is 11.1 Å². The van der Waals surface area contributed by atoms with Gasteiger partial charge in [-0.2, -0.15) is 34.9 Å². The molecule has 0 unspecified atom stereocenters. The number of fused-ring (bicyclic) bond motifs is 4. The molecule has 0 amide bonds. The Labute approximate surface area is 369 Å². The van der Waals surface area contributed by atoms with Crippen molar-refractivity contribution in [3.63, 3.8) is 0 Å². The summed E-state index contributed by atoms with van der Waals surface area (Å²) in [5, 5.41) is 2.28. The van der Waals surface area contributed by atoms with Crippen LogP contribution in [0.25, 0.3) is 61.2 Å². The van der Waals surface area contributed by atoms with Crippen LogP contribution in [0.5, 0.6) is 0 Å². The Morgan fingerprint density at radius 2 is 1.11 bits per heavy atom. The van der Waals surface area contributed by atoms with Crippen LogP contribution >= 0.6 is 0 Å². The molecule has 0 saturated heterocycles. The second-order valence-corrected chi connectivity index (χ2v) is 15.3. The molecule has 0 bridgehead atoms. The summed E-state index contributed by atoms with van der Waals surface area (Å²) < 4.78 is 6.79. The summed E-state index contributed by atoms with van der Waals surface area (Å²) >= 11 is 0. The number of aryl methyl sites for hydroxylation is 1. The molecule has 294 valence electrons. The van der Waals surface area contributed by atoms with Crippen molar-refractivity contribution in [1.29, 1.82) is 0 Å². The fraction of sp³-hybridized carbons (Fsp3) is 0.0357. The second-order valence-electron chi connectivity index (χ2n) is 15.3. The van der Waals surface area contributed by atoms with E-state index in [0.29, 0.717) is 0 Å². The van der Waals surface area contributed by atoms with Gasteiger partial charge >= 0.3 is 0 Å². The summed E-state index contributed by atoms with van der Waals surface area (Å²) in [6.45, 7) is 2.16. The standard InChI is InChI=1S/C56H39N4.Pt/c1-40-18-11-12-27-48(40)41-34-35-57-55(36-41)60-51-29-14-13-28-49(51)50-33-32-45(38-54(50)60)56(42-19-5-2-6-20-42,43-21-7-3-8-22-43)44-23-17-26-47(37-44)59-39-58(46-24-9-4-10-25-46)52-30-15-16-31-53(52)59;/h2-36,39H,1H3;/q-1;. The van der Waals surface area contributed by atoms with E-state index in [9.17, 15) is 0 Å². The molecule has 11 aromatic rings. The van der Waals surface area contributed by atoms with Crippen LogP contribution in [0.4, 0.5) is 0 Å². The number of nitrogens with zero attached hydrogens (tertiary/aromatic N) is 4. The Hall–Kier alpha value is -7.13. The first-order chi connectivity index (χ1) is 29.7. The Morgan fingerprint density at radius 3 is 1.84 bits per heavy atom. The Bertz CT molecular complexity index is 3290. The summed E-state index contributed by atoms with van der Waals surface area (Å²) in [4.78, 5) is 5.03. The first-order valence-electron chi connectivity index (χ1n) is 20.4. The van der Waals surface area contributed by atoms with E-state index in [2.05, 4.69) is 245 Å². The molecule has 0 fully saturated rings. The number of pyridine rings is 1. The Kier molecular flexibility index (Phi) is 9.87. The van der Waals surface area contributed by atoms with Crippen molar-refractivity contribution in [2.45, 2.75) is 12.3 Å². The number of benzene rings is 8. The molecule has 0 aliphatic carbocycles. The number of hydrogen-bond acceptors (Lipinski definition) is 1. The van der Waals surface area contributed by atoms with Crippen molar-refractivity contribution in [3.8, 4) is 28.3 Å². The van der Waals surface area contributed by atoms with E-state index in [4.69, 9.17) is 4.98 Å². The van der Waals surface area contributed by atoms with Gasteiger partial charge in [-0.25, -0.2) is 9.55 Å². The maximum absolute atomic E-state index is 5.03. The van der Waals surface area contributed by atoms with Gasteiger partial charge in [0.15, 0.2) is 17.4 Å². The molecule has 0 aliphatic rings. The molecule has 8 aromatic carbocycles. The third-order valence-electron chi connectivity index (χ3n) is 11.9. The first kappa shape index (κ1) is 38.1. The monoisotopic (exact) mass is 962 g/mol. The number of hydrogen-bond donors (Lipinski definition) is 0. The van der Waals surface area contributed by atoms with Crippen molar-refractivity contribution < 1.29 is 21.1 Å². The average Bonchev–Trinajstić information content (AvgIpc) is 3.87. The zero-order chi connectivity index (χ0) is 40.0. The molecule has 0 spiro atoms. The SMILES string of the molecule is Cc1ccccc1-c1ccnc(-n2c3[c-]c(C(c4[c-]c(-n5[cH+]n(-c6ccccc6)c6ccccc65)ccc4)(c4ccccc4)c4ccccc4)ccc3c3ccccc32)c1.[Pt]. The molecule has 3 heterocycles. The molecule has 0 saturated carbocycles. The summed E-state index contributed by atoms with van der Waals surface area (Å²) in [5.74, 6) is 0.847. The zero-order valence-electron chi connectivity index (χ0n) is 33.4. The number of imidazole rings is 1. The molecule has 0 atom stereocenters.